The van der Waals surface area contributed by atoms with E-state index in [-0.39, 0.29) is 18.0 Å². The summed E-state index contributed by atoms with van der Waals surface area (Å²) in [6.45, 7) is 5.07. The van der Waals surface area contributed by atoms with Gasteiger partial charge >= 0.3 is 0 Å². The standard InChI is InChI=1S/C30H31N5O2S/c1-3-37-24-14-12-23(13-15-24)34-18-7-11-26(34)29-28(25-10-4-5-17-31-25)33-30(38)35(29)19-16-27(36)32-22-9-6-8-21(2)20-22/h4-15,17-18,20,28-29H,3,16,19H2,1-2H3,(H,32,36)(H,33,38)/t28-,29-/m1/s1. The zero-order chi connectivity index (χ0) is 26.5. The number of hydrogen-bond donors (Lipinski definition) is 2. The van der Waals surface area contributed by atoms with Gasteiger partial charge in [-0.05, 0) is 92.3 Å². The summed E-state index contributed by atoms with van der Waals surface area (Å²) in [5.41, 5.74) is 4.86. The lowest BCUT2D eigenvalue weighted by molar-refractivity contribution is -0.116. The van der Waals surface area contributed by atoms with Crippen molar-refractivity contribution in [2.45, 2.75) is 32.4 Å². The van der Waals surface area contributed by atoms with Crippen LogP contribution in [0, 0.1) is 6.92 Å². The third kappa shape index (κ3) is 5.55. The molecule has 1 saturated heterocycles. The quantitative estimate of drug-likeness (QED) is 0.278. The maximum Gasteiger partial charge on any atom is 0.226 e. The molecule has 38 heavy (non-hydrogen) atoms. The number of pyridine rings is 1. The van der Waals surface area contributed by atoms with E-state index in [9.17, 15) is 4.79 Å². The number of nitrogens with zero attached hydrogens (tertiary/aromatic N) is 3. The fourth-order valence-electron chi connectivity index (χ4n) is 4.88. The van der Waals surface area contributed by atoms with E-state index in [2.05, 4.69) is 31.2 Å². The number of hydrogen-bond acceptors (Lipinski definition) is 4. The third-order valence-electron chi connectivity index (χ3n) is 6.59. The summed E-state index contributed by atoms with van der Waals surface area (Å²) in [6.07, 6.45) is 4.13. The molecule has 1 aliphatic heterocycles. The van der Waals surface area contributed by atoms with Gasteiger partial charge in [0.2, 0.25) is 5.91 Å². The highest BCUT2D eigenvalue weighted by Gasteiger charge is 2.41. The monoisotopic (exact) mass is 525 g/mol. The maximum atomic E-state index is 12.9. The first-order chi connectivity index (χ1) is 18.5. The van der Waals surface area contributed by atoms with Crippen molar-refractivity contribution in [1.29, 1.82) is 0 Å². The molecule has 4 aromatic rings. The molecular formula is C30H31N5O2S. The zero-order valence-corrected chi connectivity index (χ0v) is 22.3. The highest BCUT2D eigenvalue weighted by atomic mass is 32.1. The first kappa shape index (κ1) is 25.5. The molecule has 2 N–H and O–H groups in total. The molecule has 0 aliphatic carbocycles. The number of rotatable bonds is 9. The predicted octanol–water partition coefficient (Wildman–Crippen LogP) is 5.58. The van der Waals surface area contributed by atoms with Crippen LogP contribution < -0.4 is 15.4 Å². The number of ether oxygens (including phenoxy) is 1. The fourth-order valence-corrected chi connectivity index (χ4v) is 5.21. The van der Waals surface area contributed by atoms with Crippen molar-refractivity contribution in [3.8, 4) is 11.4 Å². The van der Waals surface area contributed by atoms with Crippen LogP contribution in [-0.4, -0.2) is 38.6 Å². The Bertz CT molecular complexity index is 1400. The second-order valence-corrected chi connectivity index (χ2v) is 9.60. The van der Waals surface area contributed by atoms with Gasteiger partial charge in [-0.1, -0.05) is 18.2 Å². The van der Waals surface area contributed by atoms with Gasteiger partial charge in [-0.2, -0.15) is 0 Å². The molecular weight excluding hydrogens is 494 g/mol. The second-order valence-electron chi connectivity index (χ2n) is 9.22. The average molecular weight is 526 g/mol. The number of benzene rings is 2. The van der Waals surface area contributed by atoms with Crippen LogP contribution in [0.3, 0.4) is 0 Å². The SMILES string of the molecule is CCOc1ccc(-n2cccc2[C@@H]2[C@@H](c3ccccn3)NC(=S)N2CCC(=O)Nc2cccc(C)c2)cc1. The number of anilines is 1. The molecule has 0 saturated carbocycles. The lowest BCUT2D eigenvalue weighted by Gasteiger charge is -2.29. The van der Waals surface area contributed by atoms with E-state index >= 15 is 0 Å². The number of carbonyl (C=O) groups is 1. The summed E-state index contributed by atoms with van der Waals surface area (Å²) in [6, 6.07) is 25.5. The molecule has 7 nitrogen and oxygen atoms in total. The van der Waals surface area contributed by atoms with Crippen LogP contribution in [0.25, 0.3) is 5.69 Å². The van der Waals surface area contributed by atoms with Crippen LogP contribution in [0.15, 0.2) is 91.3 Å². The number of thiocarbonyl (C=S) groups is 1. The number of amides is 1. The highest BCUT2D eigenvalue weighted by molar-refractivity contribution is 7.80. The molecule has 0 spiro atoms. The molecule has 0 unspecified atom stereocenters. The molecule has 194 valence electrons. The lowest BCUT2D eigenvalue weighted by Crippen LogP contribution is -2.33. The zero-order valence-electron chi connectivity index (χ0n) is 21.5. The summed E-state index contributed by atoms with van der Waals surface area (Å²) < 4.78 is 7.79. The van der Waals surface area contributed by atoms with E-state index in [1.165, 1.54) is 0 Å². The second kappa shape index (κ2) is 11.5. The van der Waals surface area contributed by atoms with Crippen molar-refractivity contribution in [2.75, 3.05) is 18.5 Å². The summed E-state index contributed by atoms with van der Waals surface area (Å²) in [7, 11) is 0. The van der Waals surface area contributed by atoms with Crippen molar-refractivity contribution in [3.05, 3.63) is 108 Å². The Labute approximate surface area is 228 Å². The van der Waals surface area contributed by atoms with E-state index in [0.29, 0.717) is 24.7 Å². The molecule has 8 heteroatoms. The van der Waals surface area contributed by atoms with E-state index < -0.39 is 0 Å². The molecule has 0 bridgehead atoms. The van der Waals surface area contributed by atoms with Gasteiger partial charge in [0.25, 0.3) is 0 Å². The van der Waals surface area contributed by atoms with E-state index in [1.54, 1.807) is 6.20 Å². The molecule has 2 atom stereocenters. The van der Waals surface area contributed by atoms with E-state index in [4.69, 9.17) is 17.0 Å². The van der Waals surface area contributed by atoms with Crippen LogP contribution in [-0.2, 0) is 4.79 Å². The van der Waals surface area contributed by atoms with Gasteiger partial charge in [-0.3, -0.25) is 9.78 Å². The number of aromatic nitrogens is 2. The Morgan fingerprint density at radius 1 is 1.08 bits per heavy atom. The van der Waals surface area contributed by atoms with Crippen molar-refractivity contribution in [1.82, 2.24) is 19.8 Å². The summed E-state index contributed by atoms with van der Waals surface area (Å²) in [4.78, 5) is 19.6. The Hall–Kier alpha value is -4.17. The number of nitrogens with one attached hydrogen (secondary N) is 2. The van der Waals surface area contributed by atoms with Gasteiger partial charge in [-0.15, -0.1) is 0 Å². The van der Waals surface area contributed by atoms with Gasteiger partial charge in [0.15, 0.2) is 5.11 Å². The van der Waals surface area contributed by atoms with Gasteiger partial charge in [0.1, 0.15) is 5.75 Å². The summed E-state index contributed by atoms with van der Waals surface area (Å²) in [5.74, 6) is 0.779. The summed E-state index contributed by atoms with van der Waals surface area (Å²) in [5, 5.41) is 7.09. The van der Waals surface area contributed by atoms with Crippen LogP contribution in [0.2, 0.25) is 0 Å². The Balaban J connectivity index is 1.43. The van der Waals surface area contributed by atoms with Gasteiger partial charge in [-0.25, -0.2) is 0 Å². The van der Waals surface area contributed by atoms with Crippen molar-refractivity contribution in [2.24, 2.45) is 0 Å². The van der Waals surface area contributed by atoms with Crippen LogP contribution in [0.5, 0.6) is 5.75 Å². The smallest absolute Gasteiger partial charge is 0.226 e. The van der Waals surface area contributed by atoms with E-state index in [0.717, 1.165) is 34.1 Å². The van der Waals surface area contributed by atoms with Crippen LogP contribution >= 0.6 is 12.2 Å². The van der Waals surface area contributed by atoms with Gasteiger partial charge < -0.3 is 24.8 Å². The molecule has 2 aromatic heterocycles. The average Bonchev–Trinajstić information content (AvgIpc) is 3.53. The van der Waals surface area contributed by atoms with Crippen molar-refractivity contribution < 1.29 is 9.53 Å². The molecule has 1 fully saturated rings. The highest BCUT2D eigenvalue weighted by Crippen LogP contribution is 2.39. The fraction of sp³-hybridized carbons (Fsp3) is 0.233. The minimum atomic E-state index is -0.167. The lowest BCUT2D eigenvalue weighted by atomic mass is 10.0. The molecule has 3 heterocycles. The van der Waals surface area contributed by atoms with Crippen LogP contribution in [0.4, 0.5) is 5.69 Å². The Kier molecular flexibility index (Phi) is 7.70. The Morgan fingerprint density at radius 3 is 2.66 bits per heavy atom. The van der Waals surface area contributed by atoms with Crippen molar-refractivity contribution in [3.63, 3.8) is 0 Å². The minimum Gasteiger partial charge on any atom is -0.494 e. The molecule has 5 rings (SSSR count). The number of carbonyl (C=O) groups excluding carboxylic acids is 1. The maximum absolute atomic E-state index is 12.9. The van der Waals surface area contributed by atoms with E-state index in [1.807, 2.05) is 92.8 Å². The van der Waals surface area contributed by atoms with Crippen LogP contribution in [0.1, 0.15) is 42.4 Å². The molecule has 1 amide bonds. The number of aryl methyl sites for hydroxylation is 1. The molecule has 2 aromatic carbocycles. The first-order valence-electron chi connectivity index (χ1n) is 12.8. The third-order valence-corrected chi connectivity index (χ3v) is 6.94. The molecule has 0 radical (unpaired) electrons. The topological polar surface area (TPSA) is 71.4 Å². The van der Waals surface area contributed by atoms with Gasteiger partial charge in [0.05, 0.1) is 24.4 Å². The largest absolute Gasteiger partial charge is 0.494 e. The van der Waals surface area contributed by atoms with Gasteiger partial charge in [0, 0.05) is 42.4 Å². The Morgan fingerprint density at radius 2 is 1.92 bits per heavy atom. The minimum absolute atomic E-state index is 0.0552. The summed E-state index contributed by atoms with van der Waals surface area (Å²) >= 11 is 5.80. The molecule has 1 aliphatic rings. The normalized spacial score (nSPS) is 16.8. The first-order valence-corrected chi connectivity index (χ1v) is 13.2. The predicted molar refractivity (Wildman–Crippen MR) is 154 cm³/mol. The van der Waals surface area contributed by atoms with Crippen molar-refractivity contribution >= 4 is 28.9 Å².